The average molecular weight is 446 g/mol. The molecule has 0 radical (unpaired) electrons. The fraction of sp³-hybridized carbons (Fsp3) is 0.500. The second kappa shape index (κ2) is 11.8. The van der Waals surface area contributed by atoms with Crippen LogP contribution < -0.4 is 16.4 Å². The van der Waals surface area contributed by atoms with E-state index in [4.69, 9.17) is 10.3 Å². The second-order valence-electron chi connectivity index (χ2n) is 8.17. The summed E-state index contributed by atoms with van der Waals surface area (Å²) in [5.41, 5.74) is 6.03. The predicted molar refractivity (Wildman–Crippen MR) is 116 cm³/mol. The Morgan fingerprint density at radius 3 is 2.41 bits per heavy atom. The molecule has 1 aromatic heterocycles. The monoisotopic (exact) mass is 445 g/mol. The van der Waals surface area contributed by atoms with Gasteiger partial charge in [0.25, 0.3) is 0 Å². The normalized spacial score (nSPS) is 12.9. The van der Waals surface area contributed by atoms with Crippen LogP contribution in [0.1, 0.15) is 63.4 Å². The van der Waals surface area contributed by atoms with Crippen molar-refractivity contribution in [1.82, 2.24) is 20.8 Å². The number of amides is 3. The van der Waals surface area contributed by atoms with Crippen LogP contribution in [-0.4, -0.2) is 39.0 Å². The maximum atomic E-state index is 13.0. The molecule has 10 heteroatoms. The zero-order valence-corrected chi connectivity index (χ0v) is 18.6. The number of aromatic hydroxyl groups is 1. The van der Waals surface area contributed by atoms with Gasteiger partial charge in [0, 0.05) is 26.2 Å². The van der Waals surface area contributed by atoms with Crippen molar-refractivity contribution in [2.24, 2.45) is 11.7 Å². The van der Waals surface area contributed by atoms with Gasteiger partial charge in [0.05, 0.1) is 0 Å². The number of hydrogen-bond acceptors (Lipinski definition) is 7. The molecule has 174 valence electrons. The molecule has 0 spiro atoms. The standard InChI is InChI=1S/C22H31N5O5/c1-13(2)4-11-20-26-22(32-27-20)17(9-10-19(23)30)25-21(31)18(24-14(3)28)12-15-5-7-16(29)8-6-15/h5-8,13,17-18,29H,4,9-12H2,1-3H3,(H2,23,30)(H,24,28)(H,25,31). The van der Waals surface area contributed by atoms with E-state index in [1.807, 2.05) is 0 Å². The molecule has 0 aliphatic heterocycles. The number of rotatable bonds is 12. The topological polar surface area (TPSA) is 160 Å². The van der Waals surface area contributed by atoms with Gasteiger partial charge in [-0.15, -0.1) is 0 Å². The molecule has 0 aliphatic carbocycles. The van der Waals surface area contributed by atoms with Gasteiger partial charge in [-0.2, -0.15) is 4.98 Å². The molecule has 0 fully saturated rings. The molecule has 0 saturated heterocycles. The lowest BCUT2D eigenvalue weighted by atomic mass is 10.0. The Hall–Kier alpha value is -3.43. The predicted octanol–water partition coefficient (Wildman–Crippen LogP) is 1.53. The van der Waals surface area contributed by atoms with Crippen LogP contribution in [0.3, 0.4) is 0 Å². The van der Waals surface area contributed by atoms with Crippen molar-refractivity contribution in [2.45, 2.75) is 65.0 Å². The molecule has 3 amide bonds. The summed E-state index contributed by atoms with van der Waals surface area (Å²) < 4.78 is 5.34. The molecule has 0 saturated carbocycles. The van der Waals surface area contributed by atoms with Crippen molar-refractivity contribution >= 4 is 17.7 Å². The highest BCUT2D eigenvalue weighted by Gasteiger charge is 2.27. The first-order valence-corrected chi connectivity index (χ1v) is 10.6. The van der Waals surface area contributed by atoms with Gasteiger partial charge in [-0.25, -0.2) is 0 Å². The van der Waals surface area contributed by atoms with Crippen molar-refractivity contribution in [2.75, 3.05) is 0 Å². The molecule has 0 bridgehead atoms. The van der Waals surface area contributed by atoms with Crippen molar-refractivity contribution in [1.29, 1.82) is 0 Å². The fourth-order valence-electron chi connectivity index (χ4n) is 3.07. The number of carbonyl (C=O) groups is 3. The first-order valence-electron chi connectivity index (χ1n) is 10.6. The molecule has 2 atom stereocenters. The van der Waals surface area contributed by atoms with Gasteiger partial charge >= 0.3 is 0 Å². The van der Waals surface area contributed by atoms with E-state index in [0.717, 1.165) is 12.0 Å². The third-order valence-electron chi connectivity index (χ3n) is 4.79. The number of nitrogens with two attached hydrogens (primary N) is 1. The quantitative estimate of drug-likeness (QED) is 0.385. The maximum absolute atomic E-state index is 13.0. The third-order valence-corrected chi connectivity index (χ3v) is 4.79. The highest BCUT2D eigenvalue weighted by Crippen LogP contribution is 2.19. The largest absolute Gasteiger partial charge is 0.508 e. The van der Waals surface area contributed by atoms with Crippen LogP contribution in [-0.2, 0) is 27.2 Å². The lowest BCUT2D eigenvalue weighted by Crippen LogP contribution is -2.48. The fourth-order valence-corrected chi connectivity index (χ4v) is 3.07. The summed E-state index contributed by atoms with van der Waals surface area (Å²) in [6.45, 7) is 5.50. The molecule has 2 rings (SSSR count). The van der Waals surface area contributed by atoms with Crippen molar-refractivity contribution in [3.63, 3.8) is 0 Å². The summed E-state index contributed by atoms with van der Waals surface area (Å²) in [5, 5.41) is 18.8. The van der Waals surface area contributed by atoms with Gasteiger partial charge in [-0.3, -0.25) is 14.4 Å². The van der Waals surface area contributed by atoms with E-state index in [1.54, 1.807) is 12.1 Å². The smallest absolute Gasteiger partial charge is 0.249 e. The summed E-state index contributed by atoms with van der Waals surface area (Å²) in [5.74, 6) is -0.0764. The van der Waals surface area contributed by atoms with E-state index in [2.05, 4.69) is 34.6 Å². The minimum absolute atomic E-state index is 0.0113. The Labute approximate surface area is 187 Å². The van der Waals surface area contributed by atoms with Gasteiger partial charge in [-0.05, 0) is 36.5 Å². The Morgan fingerprint density at radius 2 is 1.81 bits per heavy atom. The summed E-state index contributed by atoms with van der Waals surface area (Å²) in [6, 6.07) is 4.74. The SMILES string of the molecule is CC(=O)NC(Cc1ccc(O)cc1)C(=O)NC(CCC(N)=O)c1nc(CCC(C)C)no1. The molecule has 5 N–H and O–H groups in total. The summed E-state index contributed by atoms with van der Waals surface area (Å²) >= 11 is 0. The Kier molecular flexibility index (Phi) is 9.18. The van der Waals surface area contributed by atoms with Crippen LogP contribution in [0.5, 0.6) is 5.75 Å². The molecular formula is C22H31N5O5. The lowest BCUT2D eigenvalue weighted by Gasteiger charge is -2.21. The maximum Gasteiger partial charge on any atom is 0.249 e. The third kappa shape index (κ3) is 8.37. The molecule has 2 aromatic rings. The number of nitrogens with one attached hydrogen (secondary N) is 2. The molecule has 32 heavy (non-hydrogen) atoms. The van der Waals surface area contributed by atoms with Gasteiger partial charge in [0.15, 0.2) is 5.82 Å². The van der Waals surface area contributed by atoms with Gasteiger partial charge in [-0.1, -0.05) is 31.1 Å². The highest BCUT2D eigenvalue weighted by atomic mass is 16.5. The molecule has 1 aromatic carbocycles. The molecule has 0 aliphatic rings. The molecule has 10 nitrogen and oxygen atoms in total. The second-order valence-corrected chi connectivity index (χ2v) is 8.17. The molecule has 2 unspecified atom stereocenters. The van der Waals surface area contributed by atoms with Crippen LogP contribution in [0, 0.1) is 5.92 Å². The average Bonchev–Trinajstić information content (AvgIpc) is 3.19. The van der Waals surface area contributed by atoms with E-state index in [1.165, 1.54) is 19.1 Å². The van der Waals surface area contributed by atoms with Gasteiger partial charge < -0.3 is 26.0 Å². The number of phenolic OH excluding ortho intramolecular Hbond substituents is 1. The van der Waals surface area contributed by atoms with Gasteiger partial charge in [0.1, 0.15) is 17.8 Å². The van der Waals surface area contributed by atoms with E-state index in [0.29, 0.717) is 18.2 Å². The summed E-state index contributed by atoms with van der Waals surface area (Å²) in [6.07, 6.45) is 1.91. The number of primary amides is 1. The summed E-state index contributed by atoms with van der Waals surface area (Å²) in [7, 11) is 0. The first-order chi connectivity index (χ1) is 15.1. The van der Waals surface area contributed by atoms with Crippen LogP contribution in [0.4, 0.5) is 0 Å². The van der Waals surface area contributed by atoms with Crippen LogP contribution in [0.15, 0.2) is 28.8 Å². The van der Waals surface area contributed by atoms with E-state index in [9.17, 15) is 19.5 Å². The van der Waals surface area contributed by atoms with Crippen LogP contribution in [0.2, 0.25) is 0 Å². The van der Waals surface area contributed by atoms with Crippen molar-refractivity contribution in [3.05, 3.63) is 41.5 Å². The molecular weight excluding hydrogens is 414 g/mol. The Balaban J connectivity index is 2.16. The highest BCUT2D eigenvalue weighted by molar-refractivity contribution is 5.87. The first kappa shape index (κ1) is 24.8. The number of hydrogen-bond donors (Lipinski definition) is 4. The zero-order valence-electron chi connectivity index (χ0n) is 18.6. The van der Waals surface area contributed by atoms with Crippen molar-refractivity contribution in [3.8, 4) is 5.75 Å². The number of benzene rings is 1. The number of nitrogens with zero attached hydrogens (tertiary/aromatic N) is 2. The number of carbonyl (C=O) groups excluding carboxylic acids is 3. The van der Waals surface area contributed by atoms with E-state index >= 15 is 0 Å². The van der Waals surface area contributed by atoms with Crippen molar-refractivity contribution < 1.29 is 24.0 Å². The Bertz CT molecular complexity index is 910. The molecule has 1 heterocycles. The van der Waals surface area contributed by atoms with E-state index in [-0.39, 0.29) is 36.8 Å². The number of aryl methyl sites for hydroxylation is 1. The minimum atomic E-state index is -0.878. The lowest BCUT2D eigenvalue weighted by molar-refractivity contribution is -0.128. The minimum Gasteiger partial charge on any atom is -0.508 e. The van der Waals surface area contributed by atoms with Crippen LogP contribution in [0.25, 0.3) is 0 Å². The van der Waals surface area contributed by atoms with E-state index < -0.39 is 23.9 Å². The number of phenols is 1. The summed E-state index contributed by atoms with van der Waals surface area (Å²) in [4.78, 5) is 40.4. The van der Waals surface area contributed by atoms with Crippen LogP contribution >= 0.6 is 0 Å². The zero-order chi connectivity index (χ0) is 23.7. The number of aromatic nitrogens is 2. The Morgan fingerprint density at radius 1 is 1.12 bits per heavy atom. The van der Waals surface area contributed by atoms with Gasteiger partial charge in [0.2, 0.25) is 23.6 Å².